The van der Waals surface area contributed by atoms with Gasteiger partial charge in [-0.2, -0.15) is 0 Å². The summed E-state index contributed by atoms with van der Waals surface area (Å²) in [4.78, 5) is 0. The molecule has 1 unspecified atom stereocenters. The molecule has 0 radical (unpaired) electrons. The second-order valence-electron chi connectivity index (χ2n) is 3.34. The molecule has 4 nitrogen and oxygen atoms in total. The number of hydrogen-bond donors (Lipinski definition) is 1. The van der Waals surface area contributed by atoms with Crippen molar-refractivity contribution in [2.24, 2.45) is 0 Å². The van der Waals surface area contributed by atoms with Crippen LogP contribution in [0.25, 0.3) is 0 Å². The van der Waals surface area contributed by atoms with Gasteiger partial charge < -0.3 is 9.67 Å². The minimum absolute atomic E-state index is 0.356. The number of nitrogens with zero attached hydrogens (tertiary/aromatic N) is 3. The molecule has 0 amide bonds. The van der Waals surface area contributed by atoms with Gasteiger partial charge in [-0.1, -0.05) is 29.3 Å². The molecular formula is C10H9Cl2N3O. The van der Waals surface area contributed by atoms with Crippen molar-refractivity contribution >= 4 is 23.2 Å². The molecule has 2 rings (SSSR count). The monoisotopic (exact) mass is 257 g/mol. The molecule has 0 fully saturated rings. The van der Waals surface area contributed by atoms with Crippen LogP contribution in [0.5, 0.6) is 0 Å². The molecule has 1 atom stereocenters. The summed E-state index contributed by atoms with van der Waals surface area (Å²) in [6.45, 7) is 0.356. The number of halogens is 2. The zero-order valence-electron chi connectivity index (χ0n) is 8.22. The molecule has 16 heavy (non-hydrogen) atoms. The molecule has 1 aromatic heterocycles. The molecule has 0 bridgehead atoms. The maximum Gasteiger partial charge on any atom is 0.119 e. The normalized spacial score (nSPS) is 12.7. The topological polar surface area (TPSA) is 50.9 Å². The van der Waals surface area contributed by atoms with E-state index in [4.69, 9.17) is 23.2 Å². The van der Waals surface area contributed by atoms with Crippen LogP contribution in [0.4, 0.5) is 0 Å². The zero-order chi connectivity index (χ0) is 11.5. The minimum atomic E-state index is -0.708. The molecule has 1 heterocycles. The summed E-state index contributed by atoms with van der Waals surface area (Å²) in [7, 11) is 0. The highest BCUT2D eigenvalue weighted by Gasteiger charge is 2.12. The Hall–Kier alpha value is -1.10. The Kier molecular flexibility index (Phi) is 3.43. The van der Waals surface area contributed by atoms with Gasteiger partial charge in [0.1, 0.15) is 12.7 Å². The van der Waals surface area contributed by atoms with Crippen LogP contribution in [-0.4, -0.2) is 19.9 Å². The van der Waals surface area contributed by atoms with Crippen molar-refractivity contribution in [1.29, 1.82) is 0 Å². The lowest BCUT2D eigenvalue weighted by Gasteiger charge is -2.12. The van der Waals surface area contributed by atoms with Crippen molar-refractivity contribution in [3.63, 3.8) is 0 Å². The van der Waals surface area contributed by atoms with Gasteiger partial charge in [0.25, 0.3) is 0 Å². The van der Waals surface area contributed by atoms with E-state index in [-0.39, 0.29) is 0 Å². The molecule has 0 spiro atoms. The molecule has 0 aliphatic rings. The van der Waals surface area contributed by atoms with Gasteiger partial charge in [0.15, 0.2) is 0 Å². The van der Waals surface area contributed by atoms with E-state index >= 15 is 0 Å². The van der Waals surface area contributed by atoms with Gasteiger partial charge in [0.2, 0.25) is 0 Å². The number of rotatable bonds is 3. The van der Waals surface area contributed by atoms with Crippen molar-refractivity contribution in [2.75, 3.05) is 0 Å². The predicted octanol–water partition coefficient (Wildman–Crippen LogP) is 2.32. The molecule has 1 aromatic carbocycles. The lowest BCUT2D eigenvalue weighted by atomic mass is 10.1. The summed E-state index contributed by atoms with van der Waals surface area (Å²) in [5.41, 5.74) is 0.639. The Labute approximate surface area is 102 Å². The summed E-state index contributed by atoms with van der Waals surface area (Å²) in [5.74, 6) is 0. The lowest BCUT2D eigenvalue weighted by molar-refractivity contribution is 0.156. The summed E-state index contributed by atoms with van der Waals surface area (Å²) in [5, 5.41) is 18.3. The Morgan fingerprint density at radius 1 is 1.25 bits per heavy atom. The molecular weight excluding hydrogens is 249 g/mol. The first-order chi connectivity index (χ1) is 7.66. The van der Waals surface area contributed by atoms with Crippen molar-refractivity contribution in [3.8, 4) is 0 Å². The fourth-order valence-corrected chi connectivity index (χ4v) is 1.92. The second kappa shape index (κ2) is 4.82. The van der Waals surface area contributed by atoms with Crippen LogP contribution < -0.4 is 0 Å². The summed E-state index contributed by atoms with van der Waals surface area (Å²) in [6, 6.07) is 5.01. The first-order valence-corrected chi connectivity index (χ1v) is 5.38. The van der Waals surface area contributed by atoms with E-state index in [1.165, 1.54) is 12.7 Å². The Bertz CT molecular complexity index is 473. The summed E-state index contributed by atoms with van der Waals surface area (Å²) < 4.78 is 1.68. The number of aromatic nitrogens is 3. The van der Waals surface area contributed by atoms with Gasteiger partial charge in [-0.15, -0.1) is 10.2 Å². The third kappa shape index (κ3) is 2.52. The number of hydrogen-bond acceptors (Lipinski definition) is 3. The van der Waals surface area contributed by atoms with Gasteiger partial charge in [-0.05, 0) is 12.1 Å². The summed E-state index contributed by atoms with van der Waals surface area (Å²) in [6.07, 6.45) is 2.36. The fourth-order valence-electron chi connectivity index (χ4n) is 1.39. The van der Waals surface area contributed by atoms with Crippen molar-refractivity contribution in [3.05, 3.63) is 46.5 Å². The molecule has 0 saturated heterocycles. The third-order valence-corrected chi connectivity index (χ3v) is 2.73. The average Bonchev–Trinajstić information content (AvgIpc) is 2.70. The van der Waals surface area contributed by atoms with E-state index in [0.717, 1.165) is 0 Å². The zero-order valence-corrected chi connectivity index (χ0v) is 9.73. The van der Waals surface area contributed by atoms with Crippen molar-refractivity contribution in [2.45, 2.75) is 12.6 Å². The largest absolute Gasteiger partial charge is 0.386 e. The molecule has 0 aliphatic carbocycles. The van der Waals surface area contributed by atoms with E-state index in [1.54, 1.807) is 22.8 Å². The maximum absolute atomic E-state index is 9.96. The summed E-state index contributed by atoms with van der Waals surface area (Å²) >= 11 is 11.8. The average molecular weight is 258 g/mol. The van der Waals surface area contributed by atoms with Crippen LogP contribution in [0.2, 0.25) is 10.0 Å². The van der Waals surface area contributed by atoms with Gasteiger partial charge >= 0.3 is 0 Å². The number of aliphatic hydroxyl groups excluding tert-OH is 1. The highest BCUT2D eigenvalue weighted by Crippen LogP contribution is 2.26. The van der Waals surface area contributed by atoms with E-state index in [9.17, 15) is 5.11 Å². The van der Waals surface area contributed by atoms with Crippen molar-refractivity contribution < 1.29 is 5.11 Å². The van der Waals surface area contributed by atoms with Gasteiger partial charge in [-0.25, -0.2) is 0 Å². The third-order valence-electron chi connectivity index (χ3n) is 2.17. The van der Waals surface area contributed by atoms with E-state index in [2.05, 4.69) is 10.2 Å². The Morgan fingerprint density at radius 3 is 2.56 bits per heavy atom. The Morgan fingerprint density at radius 2 is 1.94 bits per heavy atom. The molecule has 2 aromatic rings. The molecule has 1 N–H and O–H groups in total. The van der Waals surface area contributed by atoms with Crippen LogP contribution in [-0.2, 0) is 6.54 Å². The number of aliphatic hydroxyl groups is 1. The van der Waals surface area contributed by atoms with Gasteiger partial charge in [0.05, 0.1) is 12.6 Å². The molecule has 6 heteroatoms. The molecule has 84 valence electrons. The first kappa shape index (κ1) is 11.4. The van der Waals surface area contributed by atoms with Crippen LogP contribution in [0.3, 0.4) is 0 Å². The first-order valence-electron chi connectivity index (χ1n) is 4.62. The van der Waals surface area contributed by atoms with E-state index in [0.29, 0.717) is 22.2 Å². The predicted molar refractivity (Wildman–Crippen MR) is 61.4 cm³/mol. The quantitative estimate of drug-likeness (QED) is 0.919. The van der Waals surface area contributed by atoms with Crippen LogP contribution >= 0.6 is 23.2 Å². The standard InChI is InChI=1S/C10H9Cl2N3O/c11-7-1-2-8(9(12)3-7)10(16)4-15-5-13-14-6-15/h1-3,5-6,10,16H,4H2. The highest BCUT2D eigenvalue weighted by molar-refractivity contribution is 6.35. The maximum atomic E-state index is 9.96. The SMILES string of the molecule is OC(Cn1cnnc1)c1ccc(Cl)cc1Cl. The minimum Gasteiger partial charge on any atom is -0.386 e. The molecule has 0 saturated carbocycles. The lowest BCUT2D eigenvalue weighted by Crippen LogP contribution is -2.07. The van der Waals surface area contributed by atoms with E-state index < -0.39 is 6.10 Å². The molecule has 0 aliphatic heterocycles. The fraction of sp³-hybridized carbons (Fsp3) is 0.200. The van der Waals surface area contributed by atoms with E-state index in [1.807, 2.05) is 0 Å². The Balaban J connectivity index is 2.17. The van der Waals surface area contributed by atoms with Crippen LogP contribution in [0, 0.1) is 0 Å². The van der Waals surface area contributed by atoms with Gasteiger partial charge in [-0.3, -0.25) is 0 Å². The van der Waals surface area contributed by atoms with Crippen molar-refractivity contribution in [1.82, 2.24) is 14.8 Å². The van der Waals surface area contributed by atoms with Gasteiger partial charge in [0, 0.05) is 15.6 Å². The van der Waals surface area contributed by atoms with Crippen LogP contribution in [0.15, 0.2) is 30.9 Å². The van der Waals surface area contributed by atoms with Crippen LogP contribution in [0.1, 0.15) is 11.7 Å². The second-order valence-corrected chi connectivity index (χ2v) is 4.18. The number of benzene rings is 1. The smallest absolute Gasteiger partial charge is 0.119 e. The highest BCUT2D eigenvalue weighted by atomic mass is 35.5.